The summed E-state index contributed by atoms with van der Waals surface area (Å²) in [5.41, 5.74) is 1.38. The normalized spacial score (nSPS) is 16.7. The third-order valence-electron chi connectivity index (χ3n) is 5.50. The average molecular weight is 581 g/mol. The molecule has 0 bridgehead atoms. The Morgan fingerprint density at radius 1 is 0.949 bits per heavy atom. The van der Waals surface area contributed by atoms with Crippen LogP contribution in [0.3, 0.4) is 0 Å². The van der Waals surface area contributed by atoms with Crippen molar-refractivity contribution in [3.8, 4) is 11.4 Å². The molecule has 0 radical (unpaired) electrons. The van der Waals surface area contributed by atoms with Crippen LogP contribution >= 0.6 is 0 Å². The number of rotatable bonds is 6. The summed E-state index contributed by atoms with van der Waals surface area (Å²) < 4.78 is 131. The first-order valence-electron chi connectivity index (χ1n) is 10.6. The minimum atomic E-state index is -5.09. The number of benzene rings is 2. The summed E-state index contributed by atoms with van der Waals surface area (Å²) in [6, 6.07) is 5.21. The molecule has 0 unspecified atom stereocenters. The predicted octanol–water partition coefficient (Wildman–Crippen LogP) is 4.11. The molecule has 4 rings (SSSR count). The number of halogens is 8. The smallest absolute Gasteiger partial charge is 0.366 e. The largest absolute Gasteiger partial charge is 0.416 e. The van der Waals surface area contributed by atoms with Crippen molar-refractivity contribution in [2.45, 2.75) is 23.2 Å². The van der Waals surface area contributed by atoms with Crippen LogP contribution in [0, 0.1) is 0 Å². The molecule has 1 fully saturated rings. The average Bonchev–Trinajstić information content (AvgIpc) is 3.28. The second kappa shape index (κ2) is 9.41. The molecule has 0 saturated carbocycles. The van der Waals surface area contributed by atoms with Gasteiger partial charge in [-0.05, 0) is 35.9 Å². The van der Waals surface area contributed by atoms with Crippen LogP contribution in [0.4, 0.5) is 35.1 Å². The molecule has 1 aromatic heterocycles. The van der Waals surface area contributed by atoms with Crippen LogP contribution < -0.4 is 5.73 Å². The van der Waals surface area contributed by atoms with Gasteiger partial charge in [-0.2, -0.15) is 30.6 Å². The van der Waals surface area contributed by atoms with Crippen LogP contribution in [-0.4, -0.2) is 52.4 Å². The number of nitrogens with two attached hydrogens (primary N) is 1. The number of hydrogen-bond acceptors (Lipinski definition) is 5. The summed E-state index contributed by atoms with van der Waals surface area (Å²) in [6.07, 6.45) is -8.31. The number of nitrogens with zero attached hydrogens (tertiary/aromatic N) is 4. The molecule has 0 aliphatic carbocycles. The maximum Gasteiger partial charge on any atom is 0.416 e. The number of primary amides is 1. The number of amides is 1. The summed E-state index contributed by atoms with van der Waals surface area (Å²) >= 11 is 0. The van der Waals surface area contributed by atoms with Crippen molar-refractivity contribution in [2.24, 2.45) is 5.73 Å². The number of alkyl halides is 8. The first-order chi connectivity index (χ1) is 17.9. The van der Waals surface area contributed by atoms with Gasteiger partial charge in [0.1, 0.15) is 6.33 Å². The fourth-order valence-electron chi connectivity index (χ4n) is 3.56. The number of sulfonamides is 1. The van der Waals surface area contributed by atoms with Gasteiger partial charge in [0.15, 0.2) is 5.82 Å². The summed E-state index contributed by atoms with van der Waals surface area (Å²) in [6.45, 7) is -1.96. The van der Waals surface area contributed by atoms with E-state index < -0.39 is 69.8 Å². The molecule has 39 heavy (non-hydrogen) atoms. The third kappa shape index (κ3) is 5.93. The molecule has 1 aliphatic rings. The maximum absolute atomic E-state index is 13.2. The van der Waals surface area contributed by atoms with Gasteiger partial charge >= 0.3 is 12.4 Å². The lowest BCUT2D eigenvalue weighted by Gasteiger charge is -2.37. The van der Waals surface area contributed by atoms with E-state index in [9.17, 15) is 48.3 Å². The van der Waals surface area contributed by atoms with Gasteiger partial charge in [0.25, 0.3) is 11.8 Å². The fourth-order valence-corrected chi connectivity index (χ4v) is 5.06. The summed E-state index contributed by atoms with van der Waals surface area (Å²) in [7, 11) is -4.22. The van der Waals surface area contributed by atoms with E-state index in [-0.39, 0.29) is 22.1 Å². The van der Waals surface area contributed by atoms with Gasteiger partial charge in [-0.15, -0.1) is 5.10 Å². The molecule has 1 aliphatic heterocycles. The minimum Gasteiger partial charge on any atom is -0.366 e. The van der Waals surface area contributed by atoms with Crippen molar-refractivity contribution in [3.05, 3.63) is 65.5 Å². The molecule has 1 amide bonds. The van der Waals surface area contributed by atoms with E-state index in [0.717, 1.165) is 41.5 Å². The molecule has 3 aromatic rings. The third-order valence-corrected chi connectivity index (χ3v) is 7.31. The van der Waals surface area contributed by atoms with Gasteiger partial charge in [-0.1, -0.05) is 12.1 Å². The van der Waals surface area contributed by atoms with Gasteiger partial charge < -0.3 is 5.73 Å². The molecule has 2 aromatic carbocycles. The van der Waals surface area contributed by atoms with Crippen LogP contribution in [0.5, 0.6) is 0 Å². The molecule has 8 nitrogen and oxygen atoms in total. The van der Waals surface area contributed by atoms with Crippen LogP contribution in [0.15, 0.2) is 53.7 Å². The highest BCUT2D eigenvalue weighted by Crippen LogP contribution is 2.38. The van der Waals surface area contributed by atoms with Crippen molar-refractivity contribution >= 4 is 27.7 Å². The molecular weight excluding hydrogens is 566 g/mol. The zero-order valence-corrected chi connectivity index (χ0v) is 19.9. The van der Waals surface area contributed by atoms with Crippen molar-refractivity contribution in [3.63, 3.8) is 0 Å². The first-order valence-corrected chi connectivity index (χ1v) is 12.0. The van der Waals surface area contributed by atoms with Crippen LogP contribution in [-0.2, 0) is 27.2 Å². The predicted molar refractivity (Wildman–Crippen MR) is 119 cm³/mol. The van der Waals surface area contributed by atoms with Crippen molar-refractivity contribution in [1.82, 2.24) is 19.1 Å². The van der Waals surface area contributed by atoms with Gasteiger partial charge in [-0.3, -0.25) is 4.79 Å². The Morgan fingerprint density at radius 3 is 1.95 bits per heavy atom. The van der Waals surface area contributed by atoms with Crippen molar-refractivity contribution < 1.29 is 48.3 Å². The van der Waals surface area contributed by atoms with E-state index in [1.165, 1.54) is 0 Å². The lowest BCUT2D eigenvalue weighted by molar-refractivity contribution is -0.143. The second-order valence-electron chi connectivity index (χ2n) is 8.40. The SMILES string of the molecule is NC(=O)/C(=C/n1cnc(-c2cc(C(F)(F)F)cc(C(F)(F)F)c2)n1)c1ccc(S(=O)(=O)N2CC(F)(F)C2)cc1. The van der Waals surface area contributed by atoms with E-state index in [0.29, 0.717) is 16.4 Å². The van der Waals surface area contributed by atoms with Crippen LogP contribution in [0.25, 0.3) is 23.2 Å². The van der Waals surface area contributed by atoms with E-state index in [1.54, 1.807) is 0 Å². The first kappa shape index (κ1) is 28.2. The summed E-state index contributed by atoms with van der Waals surface area (Å²) in [5.74, 6) is -4.71. The Hall–Kier alpha value is -3.86. The van der Waals surface area contributed by atoms with E-state index >= 15 is 0 Å². The summed E-state index contributed by atoms with van der Waals surface area (Å²) in [5, 5.41) is 3.80. The molecule has 17 heteroatoms. The van der Waals surface area contributed by atoms with Crippen molar-refractivity contribution in [1.29, 1.82) is 0 Å². The lowest BCUT2D eigenvalue weighted by Crippen LogP contribution is -2.58. The highest BCUT2D eigenvalue weighted by molar-refractivity contribution is 7.89. The van der Waals surface area contributed by atoms with Crippen molar-refractivity contribution in [2.75, 3.05) is 13.1 Å². The standard InChI is InChI=1S/C22H15F8N5O3S/c23-20(24)9-35(10-20)39(37,38)16-3-1-12(2-4-16)17(18(31)36)8-34-11-32-19(33-34)13-5-14(21(25,26)27)7-15(6-13)22(28,29)30/h1-8,11H,9-10H2,(H2,31,36)/b17-8+. The molecule has 2 heterocycles. The number of aromatic nitrogens is 3. The zero-order chi connectivity index (χ0) is 29.0. The number of carbonyl (C=O) groups is 1. The maximum atomic E-state index is 13.2. The Morgan fingerprint density at radius 2 is 1.49 bits per heavy atom. The molecule has 1 saturated heterocycles. The van der Waals surface area contributed by atoms with Gasteiger partial charge in [0.2, 0.25) is 10.0 Å². The monoisotopic (exact) mass is 581 g/mol. The number of carbonyl (C=O) groups excluding carboxylic acids is 1. The van der Waals surface area contributed by atoms with E-state index in [2.05, 4.69) is 10.1 Å². The topological polar surface area (TPSA) is 111 Å². The number of hydrogen-bond donors (Lipinski definition) is 1. The zero-order valence-electron chi connectivity index (χ0n) is 19.1. The van der Waals surface area contributed by atoms with Gasteiger partial charge in [-0.25, -0.2) is 26.9 Å². The van der Waals surface area contributed by atoms with Crippen LogP contribution in [0.2, 0.25) is 0 Å². The fraction of sp³-hybridized carbons (Fsp3) is 0.227. The van der Waals surface area contributed by atoms with Gasteiger partial charge in [0, 0.05) is 11.8 Å². The lowest BCUT2D eigenvalue weighted by atomic mass is 10.0. The summed E-state index contributed by atoms with van der Waals surface area (Å²) in [4.78, 5) is 15.4. The molecule has 0 atom stereocenters. The molecule has 208 valence electrons. The Balaban J connectivity index is 1.65. The second-order valence-corrected chi connectivity index (χ2v) is 10.3. The Labute approximate surface area is 214 Å². The van der Waals surface area contributed by atoms with Gasteiger partial charge in [0.05, 0.1) is 34.7 Å². The Kier molecular flexibility index (Phi) is 6.79. The van der Waals surface area contributed by atoms with E-state index in [4.69, 9.17) is 5.73 Å². The molecule has 0 spiro atoms. The highest BCUT2D eigenvalue weighted by atomic mass is 32.2. The minimum absolute atomic E-state index is 0.0471. The Bertz CT molecular complexity index is 1520. The highest BCUT2D eigenvalue weighted by Gasteiger charge is 2.49. The quantitative estimate of drug-likeness (QED) is 0.348. The molecule has 2 N–H and O–H groups in total. The van der Waals surface area contributed by atoms with E-state index in [1.807, 2.05) is 0 Å². The van der Waals surface area contributed by atoms with Crippen LogP contribution in [0.1, 0.15) is 16.7 Å². The molecular formula is C22H15F8N5O3S.